The van der Waals surface area contributed by atoms with Crippen molar-refractivity contribution in [3.8, 4) is 0 Å². The molecule has 0 unspecified atom stereocenters. The largest absolute Gasteiger partial charge is 0.458 e. The summed E-state index contributed by atoms with van der Waals surface area (Å²) >= 11 is 1.48. The summed E-state index contributed by atoms with van der Waals surface area (Å²) in [5.74, 6) is -0.860. The van der Waals surface area contributed by atoms with Crippen LogP contribution in [0.25, 0.3) is 0 Å². The molecule has 132 valence electrons. The zero-order valence-corrected chi connectivity index (χ0v) is 15.2. The molecule has 0 saturated carbocycles. The lowest BCUT2D eigenvalue weighted by molar-refractivity contribution is -0.207. The van der Waals surface area contributed by atoms with Gasteiger partial charge in [-0.15, -0.1) is 0 Å². The maximum absolute atomic E-state index is 11.6. The monoisotopic (exact) mass is 352 g/mol. The number of carbonyl (C=O) groups is 2. The van der Waals surface area contributed by atoms with E-state index in [1.54, 1.807) is 0 Å². The summed E-state index contributed by atoms with van der Waals surface area (Å²) in [4.78, 5) is 24.1. The molecule has 0 aromatic heterocycles. The normalized spacial score (nSPS) is 29.8. The summed E-state index contributed by atoms with van der Waals surface area (Å²) in [6.07, 6.45) is -0.444. The molecule has 2 rings (SSSR count). The molecule has 24 heavy (non-hydrogen) atoms. The van der Waals surface area contributed by atoms with E-state index in [1.807, 2.05) is 44.2 Å². The predicted octanol–water partition coefficient (Wildman–Crippen LogP) is 3.41. The molecular weight excluding hydrogens is 328 g/mol. The third-order valence-corrected chi connectivity index (χ3v) is 5.16. The van der Waals surface area contributed by atoms with Crippen LogP contribution in [0.5, 0.6) is 0 Å². The first-order valence-corrected chi connectivity index (χ1v) is 9.02. The van der Waals surface area contributed by atoms with Gasteiger partial charge in [0.05, 0.1) is 6.10 Å². The second kappa shape index (κ2) is 8.53. The Morgan fingerprint density at radius 1 is 1.08 bits per heavy atom. The molecule has 1 saturated heterocycles. The molecule has 0 spiro atoms. The van der Waals surface area contributed by atoms with E-state index in [0.717, 1.165) is 11.3 Å². The molecular formula is C18H24O5S. The molecule has 6 heteroatoms. The van der Waals surface area contributed by atoms with Crippen LogP contribution in [0.2, 0.25) is 0 Å². The SMILES string of the molecule is CC[C@H]1O[C@H](Sc2ccccc2)[C@H](OC(C)=O)[C@@H](OC(C)=O)[C@@H]1C. The Balaban J connectivity index is 2.28. The lowest BCUT2D eigenvalue weighted by atomic mass is 9.89. The Morgan fingerprint density at radius 2 is 1.67 bits per heavy atom. The highest BCUT2D eigenvalue weighted by Crippen LogP contribution is 2.39. The van der Waals surface area contributed by atoms with Gasteiger partial charge < -0.3 is 14.2 Å². The van der Waals surface area contributed by atoms with Crippen LogP contribution in [-0.2, 0) is 23.8 Å². The van der Waals surface area contributed by atoms with Gasteiger partial charge in [0.15, 0.2) is 6.10 Å². The maximum atomic E-state index is 11.6. The number of hydrogen-bond acceptors (Lipinski definition) is 6. The molecule has 1 aromatic rings. The molecule has 0 aliphatic carbocycles. The minimum Gasteiger partial charge on any atom is -0.458 e. The van der Waals surface area contributed by atoms with Gasteiger partial charge in [0.25, 0.3) is 0 Å². The standard InChI is InChI=1S/C18H24O5S/c1-5-15-11(2)16(21-12(3)19)17(22-13(4)20)18(23-15)24-14-9-7-6-8-10-14/h6-11,15-18H,5H2,1-4H3/t11-,15-,16+,17-,18-/m1/s1. The van der Waals surface area contributed by atoms with Gasteiger partial charge in [0.2, 0.25) is 0 Å². The maximum Gasteiger partial charge on any atom is 0.303 e. The fraction of sp³-hybridized carbons (Fsp3) is 0.556. The van der Waals surface area contributed by atoms with Gasteiger partial charge in [-0.05, 0) is 18.6 Å². The number of esters is 2. The van der Waals surface area contributed by atoms with E-state index >= 15 is 0 Å². The molecule has 1 aliphatic rings. The molecule has 1 aromatic carbocycles. The Labute approximate surface area is 147 Å². The van der Waals surface area contributed by atoms with Crippen molar-refractivity contribution in [2.24, 2.45) is 5.92 Å². The minimum atomic E-state index is -0.644. The molecule has 0 radical (unpaired) electrons. The van der Waals surface area contributed by atoms with Crippen molar-refractivity contribution in [3.63, 3.8) is 0 Å². The summed E-state index contributed by atoms with van der Waals surface area (Å²) < 4.78 is 17.2. The van der Waals surface area contributed by atoms with Crippen LogP contribution in [0.3, 0.4) is 0 Å². The molecule has 1 heterocycles. The van der Waals surface area contributed by atoms with Crippen molar-refractivity contribution in [1.29, 1.82) is 0 Å². The summed E-state index contributed by atoms with van der Waals surface area (Å²) in [5, 5.41) is 0. The van der Waals surface area contributed by atoms with Crippen LogP contribution in [-0.4, -0.2) is 35.7 Å². The fourth-order valence-electron chi connectivity index (χ4n) is 2.92. The zero-order valence-electron chi connectivity index (χ0n) is 14.4. The fourth-order valence-corrected chi connectivity index (χ4v) is 4.04. The topological polar surface area (TPSA) is 61.8 Å². The average molecular weight is 352 g/mol. The quantitative estimate of drug-likeness (QED) is 0.757. The Kier molecular flexibility index (Phi) is 6.69. The molecule has 5 nitrogen and oxygen atoms in total. The number of ether oxygens (including phenoxy) is 3. The van der Waals surface area contributed by atoms with Gasteiger partial charge in [-0.1, -0.05) is 43.8 Å². The predicted molar refractivity (Wildman–Crippen MR) is 91.5 cm³/mol. The third kappa shape index (κ3) is 4.74. The molecule has 0 amide bonds. The molecule has 1 fully saturated rings. The van der Waals surface area contributed by atoms with Crippen molar-refractivity contribution in [2.75, 3.05) is 0 Å². The Bertz CT molecular complexity index is 562. The van der Waals surface area contributed by atoms with E-state index in [0.29, 0.717) is 0 Å². The first-order valence-electron chi connectivity index (χ1n) is 8.14. The molecule has 1 aliphatic heterocycles. The van der Waals surface area contributed by atoms with Crippen molar-refractivity contribution in [3.05, 3.63) is 30.3 Å². The van der Waals surface area contributed by atoms with Gasteiger partial charge in [-0.2, -0.15) is 0 Å². The van der Waals surface area contributed by atoms with Gasteiger partial charge in [0.1, 0.15) is 11.5 Å². The first kappa shape index (κ1) is 18.8. The van der Waals surface area contributed by atoms with Crippen molar-refractivity contribution < 1.29 is 23.8 Å². The summed E-state index contributed by atoms with van der Waals surface area (Å²) in [6.45, 7) is 6.71. The van der Waals surface area contributed by atoms with Crippen molar-refractivity contribution >= 4 is 23.7 Å². The van der Waals surface area contributed by atoms with Crippen LogP contribution in [0.4, 0.5) is 0 Å². The van der Waals surface area contributed by atoms with Crippen molar-refractivity contribution in [2.45, 2.75) is 62.8 Å². The van der Waals surface area contributed by atoms with E-state index in [2.05, 4.69) is 0 Å². The van der Waals surface area contributed by atoms with Crippen LogP contribution >= 0.6 is 11.8 Å². The van der Waals surface area contributed by atoms with E-state index < -0.39 is 23.6 Å². The summed E-state index contributed by atoms with van der Waals surface area (Å²) in [6, 6.07) is 9.76. The Hall–Kier alpha value is -1.53. The van der Waals surface area contributed by atoms with Gasteiger partial charge in [-0.25, -0.2) is 0 Å². The number of thioether (sulfide) groups is 1. The van der Waals surface area contributed by atoms with E-state index in [9.17, 15) is 9.59 Å². The number of hydrogen-bond donors (Lipinski definition) is 0. The minimum absolute atomic E-state index is 0.0594. The molecule has 0 N–H and O–H groups in total. The first-order chi connectivity index (χ1) is 11.4. The highest BCUT2D eigenvalue weighted by Gasteiger charge is 2.47. The van der Waals surface area contributed by atoms with Crippen LogP contribution in [0.1, 0.15) is 34.1 Å². The number of carbonyl (C=O) groups excluding carboxylic acids is 2. The van der Waals surface area contributed by atoms with Crippen LogP contribution < -0.4 is 0 Å². The highest BCUT2D eigenvalue weighted by molar-refractivity contribution is 7.99. The van der Waals surface area contributed by atoms with Crippen LogP contribution in [0.15, 0.2) is 35.2 Å². The number of benzene rings is 1. The smallest absolute Gasteiger partial charge is 0.303 e. The lowest BCUT2D eigenvalue weighted by Crippen LogP contribution is -2.55. The second-order valence-corrected chi connectivity index (χ2v) is 7.06. The molecule has 5 atom stereocenters. The average Bonchev–Trinajstić information content (AvgIpc) is 2.53. The zero-order chi connectivity index (χ0) is 17.7. The highest BCUT2D eigenvalue weighted by atomic mass is 32.2. The summed E-state index contributed by atoms with van der Waals surface area (Å²) in [5.41, 5.74) is -0.429. The lowest BCUT2D eigenvalue weighted by Gasteiger charge is -2.44. The second-order valence-electron chi connectivity index (χ2n) is 5.89. The van der Waals surface area contributed by atoms with E-state index in [1.165, 1.54) is 25.6 Å². The number of rotatable bonds is 5. The van der Waals surface area contributed by atoms with Gasteiger partial charge >= 0.3 is 11.9 Å². The van der Waals surface area contributed by atoms with E-state index in [-0.39, 0.29) is 18.0 Å². The van der Waals surface area contributed by atoms with Gasteiger partial charge in [0, 0.05) is 24.7 Å². The van der Waals surface area contributed by atoms with E-state index in [4.69, 9.17) is 14.2 Å². The molecule has 0 bridgehead atoms. The van der Waals surface area contributed by atoms with Crippen molar-refractivity contribution in [1.82, 2.24) is 0 Å². The summed E-state index contributed by atoms with van der Waals surface area (Å²) in [7, 11) is 0. The Morgan fingerprint density at radius 3 is 2.21 bits per heavy atom. The third-order valence-electron chi connectivity index (χ3n) is 4.01. The van der Waals surface area contributed by atoms with Gasteiger partial charge in [-0.3, -0.25) is 9.59 Å². The van der Waals surface area contributed by atoms with Crippen LogP contribution in [0, 0.1) is 5.92 Å².